The number of nitrogens with zero attached hydrogens (tertiary/aromatic N) is 2. The Hall–Kier alpha value is -3.94. The summed E-state index contributed by atoms with van der Waals surface area (Å²) in [6.45, 7) is 2.24. The Morgan fingerprint density at radius 3 is 2.66 bits per heavy atom. The molecule has 8 heteroatoms. The van der Waals surface area contributed by atoms with Crippen LogP contribution in [0, 0.1) is 23.4 Å². The number of H-pyrrole nitrogens is 1. The van der Waals surface area contributed by atoms with Crippen molar-refractivity contribution in [3.63, 3.8) is 0 Å². The fraction of sp³-hybridized carbons (Fsp3) is 0.125. The molecule has 160 valence electrons. The standard InChI is InChI=1S/C24H16F3N3O2/c1-12-2-3-20-13(6-12)7-15(29-20)11-30-5-4-16-17(10-28-22(16)24(30)32)23(31)21-18(26)8-14(25)9-19(21)27/h2-10,13,28H,11H2,1H3. The van der Waals surface area contributed by atoms with Gasteiger partial charge in [0.25, 0.3) is 5.56 Å². The van der Waals surface area contributed by atoms with Crippen molar-refractivity contribution in [3.05, 3.63) is 105 Å². The molecule has 5 nitrogen and oxygen atoms in total. The first-order valence-electron chi connectivity index (χ1n) is 9.87. The molecule has 0 radical (unpaired) electrons. The molecule has 0 spiro atoms. The predicted molar refractivity (Wildman–Crippen MR) is 114 cm³/mol. The number of pyridine rings is 1. The Balaban J connectivity index is 1.49. The number of carbonyl (C=O) groups excluding carboxylic acids is 1. The van der Waals surface area contributed by atoms with Crippen LogP contribution in [0.25, 0.3) is 10.9 Å². The molecule has 0 bridgehead atoms. The van der Waals surface area contributed by atoms with Crippen LogP contribution >= 0.6 is 0 Å². The maximum absolute atomic E-state index is 14.1. The van der Waals surface area contributed by atoms with Crippen molar-refractivity contribution in [2.45, 2.75) is 13.5 Å². The summed E-state index contributed by atoms with van der Waals surface area (Å²) in [5.41, 5.74) is 1.56. The normalized spacial score (nSPS) is 17.2. The second kappa shape index (κ2) is 7.33. The number of rotatable bonds is 4. The van der Waals surface area contributed by atoms with E-state index < -0.39 is 34.4 Å². The smallest absolute Gasteiger partial charge is 0.275 e. The molecular formula is C24H16F3N3O2. The molecule has 1 atom stereocenters. The van der Waals surface area contributed by atoms with Crippen molar-refractivity contribution in [2.24, 2.45) is 10.9 Å². The number of aromatic nitrogens is 2. The first-order chi connectivity index (χ1) is 15.3. The molecule has 2 aromatic heterocycles. The number of hydrogen-bond donors (Lipinski definition) is 1. The molecular weight excluding hydrogens is 419 g/mol. The highest BCUT2D eigenvalue weighted by atomic mass is 19.1. The highest BCUT2D eigenvalue weighted by molar-refractivity contribution is 6.16. The van der Waals surface area contributed by atoms with E-state index in [0.717, 1.165) is 17.0 Å². The van der Waals surface area contributed by atoms with Crippen LogP contribution in [0.5, 0.6) is 0 Å². The summed E-state index contributed by atoms with van der Waals surface area (Å²) in [6, 6.07) is 2.41. The number of hydrogen-bond acceptors (Lipinski definition) is 3. The minimum atomic E-state index is -1.30. The predicted octanol–water partition coefficient (Wildman–Crippen LogP) is 4.45. The van der Waals surface area contributed by atoms with Gasteiger partial charge in [0.05, 0.1) is 23.5 Å². The lowest BCUT2D eigenvalue weighted by atomic mass is 9.96. The average Bonchev–Trinajstić information content (AvgIpc) is 3.33. The number of carbonyl (C=O) groups is 1. The van der Waals surface area contributed by atoms with E-state index >= 15 is 0 Å². The third-order valence-electron chi connectivity index (χ3n) is 5.57. The van der Waals surface area contributed by atoms with Crippen LogP contribution in [-0.2, 0) is 6.54 Å². The van der Waals surface area contributed by atoms with Crippen LogP contribution in [0.4, 0.5) is 13.2 Å². The molecule has 1 aliphatic heterocycles. The molecule has 0 amide bonds. The van der Waals surface area contributed by atoms with Gasteiger partial charge in [0.15, 0.2) is 0 Å². The summed E-state index contributed by atoms with van der Waals surface area (Å²) in [5, 5.41) is 0.223. The number of fused-ring (bicyclic) bond motifs is 2. The zero-order chi connectivity index (χ0) is 22.6. The number of halogens is 3. The fourth-order valence-corrected chi connectivity index (χ4v) is 4.04. The molecule has 1 aromatic carbocycles. The summed E-state index contributed by atoms with van der Waals surface area (Å²) >= 11 is 0. The van der Waals surface area contributed by atoms with Crippen LogP contribution in [-0.4, -0.2) is 21.0 Å². The van der Waals surface area contributed by atoms with Gasteiger partial charge in [-0.15, -0.1) is 0 Å². The van der Waals surface area contributed by atoms with Crippen molar-refractivity contribution in [1.82, 2.24) is 9.55 Å². The Morgan fingerprint density at radius 2 is 1.91 bits per heavy atom. The highest BCUT2D eigenvalue weighted by Crippen LogP contribution is 2.26. The average molecular weight is 435 g/mol. The molecule has 1 aliphatic carbocycles. The topological polar surface area (TPSA) is 67.2 Å². The first-order valence-corrected chi connectivity index (χ1v) is 9.87. The third-order valence-corrected chi connectivity index (χ3v) is 5.57. The molecule has 0 fully saturated rings. The van der Waals surface area contributed by atoms with E-state index in [-0.39, 0.29) is 28.9 Å². The largest absolute Gasteiger partial charge is 0.356 e. The third kappa shape index (κ3) is 3.24. The van der Waals surface area contributed by atoms with Gasteiger partial charge in [0.1, 0.15) is 23.0 Å². The Morgan fingerprint density at radius 1 is 1.16 bits per heavy atom. The van der Waals surface area contributed by atoms with E-state index in [1.807, 2.05) is 25.2 Å². The number of aliphatic imine (C=N–C) groups is 1. The van der Waals surface area contributed by atoms with Gasteiger partial charge < -0.3 is 9.55 Å². The van der Waals surface area contributed by atoms with Crippen molar-refractivity contribution >= 4 is 22.4 Å². The van der Waals surface area contributed by atoms with Crippen LogP contribution in [0.15, 0.2) is 76.0 Å². The fourth-order valence-electron chi connectivity index (χ4n) is 4.04. The minimum absolute atomic E-state index is 0.0780. The Bertz CT molecular complexity index is 1460. The zero-order valence-electron chi connectivity index (χ0n) is 16.8. The van der Waals surface area contributed by atoms with Gasteiger partial charge in [-0.2, -0.15) is 0 Å². The summed E-state index contributed by atoms with van der Waals surface area (Å²) in [5.74, 6) is -4.62. The Kier molecular flexibility index (Phi) is 4.58. The second-order valence-corrected chi connectivity index (χ2v) is 7.78. The molecule has 0 saturated heterocycles. The number of nitrogens with one attached hydrogen (secondary N) is 1. The van der Waals surface area contributed by atoms with Gasteiger partial charge >= 0.3 is 0 Å². The molecule has 1 N–H and O–H groups in total. The van der Waals surface area contributed by atoms with Crippen molar-refractivity contribution < 1.29 is 18.0 Å². The van der Waals surface area contributed by atoms with E-state index in [1.165, 1.54) is 23.0 Å². The zero-order valence-corrected chi connectivity index (χ0v) is 16.8. The molecule has 2 aliphatic rings. The summed E-state index contributed by atoms with van der Waals surface area (Å²) in [7, 11) is 0. The van der Waals surface area contributed by atoms with E-state index in [9.17, 15) is 22.8 Å². The molecule has 32 heavy (non-hydrogen) atoms. The van der Waals surface area contributed by atoms with Crippen LogP contribution in [0.3, 0.4) is 0 Å². The lowest BCUT2D eigenvalue weighted by Gasteiger charge is -2.08. The van der Waals surface area contributed by atoms with Gasteiger partial charge in [0.2, 0.25) is 5.78 Å². The van der Waals surface area contributed by atoms with Crippen LogP contribution in [0.1, 0.15) is 22.8 Å². The summed E-state index contributed by atoms with van der Waals surface area (Å²) in [6.07, 6.45) is 10.7. The van der Waals surface area contributed by atoms with E-state index in [0.29, 0.717) is 12.1 Å². The SMILES string of the molecule is CC1=CC2C=C(Cn3ccc4c(C(=O)c5c(F)cc(F)cc5F)c[nH]c4c3=O)N=C2C=C1. The van der Waals surface area contributed by atoms with Crippen LogP contribution in [0.2, 0.25) is 0 Å². The van der Waals surface area contributed by atoms with Gasteiger partial charge in [-0.3, -0.25) is 14.6 Å². The molecule has 1 unspecified atom stereocenters. The van der Waals surface area contributed by atoms with Crippen molar-refractivity contribution in [2.75, 3.05) is 0 Å². The van der Waals surface area contributed by atoms with E-state index in [4.69, 9.17) is 0 Å². The molecule has 5 rings (SSSR count). The van der Waals surface area contributed by atoms with Gasteiger partial charge in [-0.05, 0) is 25.1 Å². The second-order valence-electron chi connectivity index (χ2n) is 7.78. The Labute approximate surface area is 179 Å². The summed E-state index contributed by atoms with van der Waals surface area (Å²) < 4.78 is 42.8. The summed E-state index contributed by atoms with van der Waals surface area (Å²) in [4.78, 5) is 33.0. The van der Waals surface area contributed by atoms with E-state index in [2.05, 4.69) is 16.1 Å². The molecule has 3 aromatic rings. The number of aromatic amines is 1. The first kappa shape index (κ1) is 20.0. The number of allylic oxidation sites excluding steroid dienone is 6. The van der Waals surface area contributed by atoms with Crippen molar-refractivity contribution in [3.8, 4) is 0 Å². The van der Waals surface area contributed by atoms with E-state index in [1.54, 1.807) is 0 Å². The quantitative estimate of drug-likeness (QED) is 0.616. The molecule has 0 saturated carbocycles. The number of ketones is 1. The minimum Gasteiger partial charge on any atom is -0.356 e. The number of benzene rings is 1. The van der Waals surface area contributed by atoms with Gasteiger partial charge in [-0.25, -0.2) is 13.2 Å². The molecule has 3 heterocycles. The van der Waals surface area contributed by atoms with Gasteiger partial charge in [-0.1, -0.05) is 17.7 Å². The lowest BCUT2D eigenvalue weighted by molar-refractivity contribution is 0.103. The monoisotopic (exact) mass is 435 g/mol. The maximum Gasteiger partial charge on any atom is 0.275 e. The van der Waals surface area contributed by atoms with Crippen LogP contribution < -0.4 is 5.56 Å². The van der Waals surface area contributed by atoms with Gasteiger partial charge in [0, 0.05) is 41.4 Å². The maximum atomic E-state index is 14.1. The lowest BCUT2D eigenvalue weighted by Crippen LogP contribution is -2.20. The van der Waals surface area contributed by atoms with Crippen molar-refractivity contribution in [1.29, 1.82) is 0 Å². The highest BCUT2D eigenvalue weighted by Gasteiger charge is 2.24.